The molecule has 0 unspecified atom stereocenters. The molecule has 0 radical (unpaired) electrons. The Labute approximate surface area is 173 Å². The van der Waals surface area contributed by atoms with E-state index in [1.807, 2.05) is 0 Å². The van der Waals surface area contributed by atoms with Gasteiger partial charge in [0.2, 0.25) is 16.8 Å². The molecule has 1 saturated heterocycles. The molecule has 0 bridgehead atoms. The normalized spacial score (nSPS) is 17.8. The van der Waals surface area contributed by atoms with E-state index in [1.54, 1.807) is 12.1 Å². The third-order valence-corrected chi connectivity index (χ3v) is 7.67. The van der Waals surface area contributed by atoms with Crippen molar-refractivity contribution in [1.29, 1.82) is 0 Å². The molecule has 28 heavy (non-hydrogen) atoms. The fourth-order valence-corrected chi connectivity index (χ4v) is 5.84. The highest BCUT2D eigenvalue weighted by atomic mass is 35.5. The highest BCUT2D eigenvalue weighted by Gasteiger charge is 2.32. The summed E-state index contributed by atoms with van der Waals surface area (Å²) in [6.07, 6.45) is 0. The summed E-state index contributed by atoms with van der Waals surface area (Å²) in [6, 6.07) is 7.93. The maximum Gasteiger partial charge on any atom is 0.246 e. The van der Waals surface area contributed by atoms with Gasteiger partial charge in [0.1, 0.15) is 10.6 Å². The first-order valence-corrected chi connectivity index (χ1v) is 10.8. The van der Waals surface area contributed by atoms with Crippen LogP contribution in [0.3, 0.4) is 0 Å². The zero-order valence-corrected chi connectivity index (χ0v) is 17.1. The molecule has 2 heterocycles. The number of aromatic hydroxyl groups is 1. The molecule has 2 aromatic carbocycles. The smallest absolute Gasteiger partial charge is 0.246 e. The topological polar surface area (TPSA) is 79.3 Å². The van der Waals surface area contributed by atoms with E-state index in [-0.39, 0.29) is 27.5 Å². The average molecular weight is 445 g/mol. The Hall–Kier alpha value is -1.71. The zero-order valence-electron chi connectivity index (χ0n) is 14.8. The van der Waals surface area contributed by atoms with Gasteiger partial charge in [-0.1, -0.05) is 29.3 Å². The minimum absolute atomic E-state index is 0.0554. The van der Waals surface area contributed by atoms with Crippen LogP contribution >= 0.6 is 23.2 Å². The number of phenolic OH excluding ortho intramolecular Hbond substituents is 1. The Morgan fingerprint density at radius 3 is 2.25 bits per heavy atom. The fourth-order valence-electron chi connectivity index (χ4n) is 3.33. The Morgan fingerprint density at radius 2 is 1.61 bits per heavy atom. The quantitative estimate of drug-likeness (QED) is 0.780. The predicted molar refractivity (Wildman–Crippen MR) is 105 cm³/mol. The van der Waals surface area contributed by atoms with E-state index in [4.69, 9.17) is 32.7 Å². The summed E-state index contributed by atoms with van der Waals surface area (Å²) < 4.78 is 37.9. The summed E-state index contributed by atoms with van der Waals surface area (Å²) in [5.41, 5.74) is 0.703. The number of fused-ring (bicyclic) bond motifs is 1. The van der Waals surface area contributed by atoms with E-state index in [9.17, 15) is 13.5 Å². The lowest BCUT2D eigenvalue weighted by molar-refractivity contribution is 0.173. The second-order valence-electron chi connectivity index (χ2n) is 6.57. The highest BCUT2D eigenvalue weighted by Crippen LogP contribution is 2.38. The van der Waals surface area contributed by atoms with E-state index in [2.05, 4.69) is 4.90 Å². The SMILES string of the molecule is O=S(=O)(c1c(Cl)cccc1Cl)N1CCN(Cc2cc3c(cc2O)OCO3)CC1. The van der Waals surface area contributed by atoms with Crippen LogP contribution in [-0.2, 0) is 16.6 Å². The second-order valence-corrected chi connectivity index (χ2v) is 9.25. The number of nitrogens with zero attached hydrogens (tertiary/aromatic N) is 2. The molecule has 2 aromatic rings. The number of rotatable bonds is 4. The first-order valence-electron chi connectivity index (χ1n) is 8.64. The number of ether oxygens (including phenoxy) is 2. The zero-order chi connectivity index (χ0) is 19.9. The summed E-state index contributed by atoms with van der Waals surface area (Å²) in [5.74, 6) is 1.25. The Bertz CT molecular complexity index is 987. The Morgan fingerprint density at radius 1 is 1.00 bits per heavy atom. The molecule has 10 heteroatoms. The number of piperazine rings is 1. The Kier molecular flexibility index (Phi) is 5.32. The number of benzene rings is 2. The molecule has 0 atom stereocenters. The van der Waals surface area contributed by atoms with Crippen LogP contribution in [0.25, 0.3) is 0 Å². The lowest BCUT2D eigenvalue weighted by Gasteiger charge is -2.34. The molecule has 0 amide bonds. The van der Waals surface area contributed by atoms with Crippen LogP contribution in [-0.4, -0.2) is 55.7 Å². The van der Waals surface area contributed by atoms with Gasteiger partial charge < -0.3 is 14.6 Å². The van der Waals surface area contributed by atoms with Gasteiger partial charge in [0.25, 0.3) is 0 Å². The standard InChI is InChI=1S/C18H18Cl2N2O5S/c19-13-2-1-3-14(20)18(13)28(24,25)22-6-4-21(5-7-22)10-12-8-16-17(9-15(12)23)27-11-26-16/h1-3,8-9,23H,4-7,10-11H2. The van der Waals surface area contributed by atoms with Crippen molar-refractivity contribution in [2.75, 3.05) is 33.0 Å². The lowest BCUT2D eigenvalue weighted by Crippen LogP contribution is -2.48. The molecule has 7 nitrogen and oxygen atoms in total. The predicted octanol–water partition coefficient (Wildman–Crippen LogP) is 2.93. The molecule has 150 valence electrons. The van der Waals surface area contributed by atoms with Gasteiger partial charge in [0.15, 0.2) is 11.5 Å². The highest BCUT2D eigenvalue weighted by molar-refractivity contribution is 7.89. The number of phenols is 1. The molecule has 2 aliphatic rings. The van der Waals surface area contributed by atoms with Crippen molar-refractivity contribution in [1.82, 2.24) is 9.21 Å². The van der Waals surface area contributed by atoms with Crippen LogP contribution in [0.4, 0.5) is 0 Å². The molecule has 4 rings (SSSR count). The van der Waals surface area contributed by atoms with Crippen LogP contribution in [0.2, 0.25) is 10.0 Å². The van der Waals surface area contributed by atoms with E-state index < -0.39 is 10.0 Å². The van der Waals surface area contributed by atoms with Gasteiger partial charge in [-0.15, -0.1) is 0 Å². The van der Waals surface area contributed by atoms with Gasteiger partial charge in [-0.3, -0.25) is 4.90 Å². The summed E-state index contributed by atoms with van der Waals surface area (Å²) in [7, 11) is -3.78. The number of hydrogen-bond acceptors (Lipinski definition) is 6. The van der Waals surface area contributed by atoms with Crippen LogP contribution in [0.1, 0.15) is 5.56 Å². The van der Waals surface area contributed by atoms with Crippen LogP contribution in [0.15, 0.2) is 35.2 Å². The summed E-state index contributed by atoms with van der Waals surface area (Å²) in [5, 5.41) is 10.4. The summed E-state index contributed by atoms with van der Waals surface area (Å²) in [6.45, 7) is 2.23. The molecule has 0 aromatic heterocycles. The number of halogens is 2. The molecule has 0 saturated carbocycles. The van der Waals surface area contributed by atoms with Crippen LogP contribution < -0.4 is 9.47 Å². The third kappa shape index (κ3) is 3.62. The molecule has 1 N–H and O–H groups in total. The number of sulfonamides is 1. The van der Waals surface area contributed by atoms with E-state index >= 15 is 0 Å². The maximum atomic E-state index is 12.9. The van der Waals surface area contributed by atoms with Crippen molar-refractivity contribution in [2.24, 2.45) is 0 Å². The first kappa shape index (κ1) is 19.6. The lowest BCUT2D eigenvalue weighted by atomic mass is 10.1. The maximum absolute atomic E-state index is 12.9. The molecule has 2 aliphatic heterocycles. The van der Waals surface area contributed by atoms with E-state index in [0.717, 1.165) is 0 Å². The summed E-state index contributed by atoms with van der Waals surface area (Å²) >= 11 is 12.2. The first-order chi connectivity index (χ1) is 13.4. The largest absolute Gasteiger partial charge is 0.507 e. The van der Waals surface area contributed by atoms with Crippen molar-refractivity contribution < 1.29 is 23.0 Å². The van der Waals surface area contributed by atoms with Crippen molar-refractivity contribution >= 4 is 33.2 Å². The van der Waals surface area contributed by atoms with Crippen molar-refractivity contribution in [2.45, 2.75) is 11.4 Å². The van der Waals surface area contributed by atoms with Gasteiger partial charge in [0, 0.05) is 44.4 Å². The Balaban J connectivity index is 1.45. The van der Waals surface area contributed by atoms with Crippen molar-refractivity contribution in [3.8, 4) is 17.2 Å². The minimum Gasteiger partial charge on any atom is -0.507 e. The molecule has 1 fully saturated rings. The van der Waals surface area contributed by atoms with Crippen molar-refractivity contribution in [3.63, 3.8) is 0 Å². The van der Waals surface area contributed by atoms with Crippen LogP contribution in [0.5, 0.6) is 17.2 Å². The van der Waals surface area contributed by atoms with E-state index in [1.165, 1.54) is 22.5 Å². The summed E-state index contributed by atoms with van der Waals surface area (Å²) in [4.78, 5) is 2.01. The van der Waals surface area contributed by atoms with E-state index in [0.29, 0.717) is 49.8 Å². The third-order valence-electron chi connectivity index (χ3n) is 4.82. The van der Waals surface area contributed by atoms with Crippen molar-refractivity contribution in [3.05, 3.63) is 45.9 Å². The van der Waals surface area contributed by atoms with Gasteiger partial charge in [-0.2, -0.15) is 4.31 Å². The molecular formula is C18H18Cl2N2O5S. The van der Waals surface area contributed by atoms with Crippen LogP contribution in [0, 0.1) is 0 Å². The molecular weight excluding hydrogens is 427 g/mol. The average Bonchev–Trinajstić information content (AvgIpc) is 3.09. The minimum atomic E-state index is -3.78. The monoisotopic (exact) mass is 444 g/mol. The van der Waals surface area contributed by atoms with Gasteiger partial charge in [0.05, 0.1) is 10.0 Å². The number of hydrogen-bond donors (Lipinski definition) is 1. The van der Waals surface area contributed by atoms with Gasteiger partial charge in [-0.25, -0.2) is 8.42 Å². The molecule has 0 aliphatic carbocycles. The second kappa shape index (κ2) is 7.61. The van der Waals surface area contributed by atoms with Gasteiger partial charge in [-0.05, 0) is 18.2 Å². The van der Waals surface area contributed by atoms with Gasteiger partial charge >= 0.3 is 0 Å². The molecule has 0 spiro atoms. The fraction of sp³-hybridized carbons (Fsp3) is 0.333.